The van der Waals surface area contributed by atoms with Crippen LogP contribution in [0, 0.1) is 11.8 Å². The Hall–Kier alpha value is -3.48. The number of carbonyl (C=O) groups excluding carboxylic acids is 4. The number of benzene rings is 2. The van der Waals surface area contributed by atoms with E-state index in [4.69, 9.17) is 4.74 Å². The van der Waals surface area contributed by atoms with Crippen LogP contribution in [0.5, 0.6) is 0 Å². The average Bonchev–Trinajstić information content (AvgIpc) is 3.49. The highest BCUT2D eigenvalue weighted by molar-refractivity contribution is 6.06. The molecule has 2 atom stereocenters. The summed E-state index contributed by atoms with van der Waals surface area (Å²) in [6, 6.07) is 13.1. The van der Waals surface area contributed by atoms with Gasteiger partial charge < -0.3 is 15.4 Å². The zero-order valence-corrected chi connectivity index (χ0v) is 15.5. The molecule has 0 bridgehead atoms. The van der Waals surface area contributed by atoms with Crippen LogP contribution < -0.4 is 10.6 Å². The third-order valence-corrected chi connectivity index (χ3v) is 4.61. The van der Waals surface area contributed by atoms with Gasteiger partial charge in [0.15, 0.2) is 5.78 Å². The van der Waals surface area contributed by atoms with Crippen LogP contribution in [0.2, 0.25) is 0 Å². The number of amides is 2. The molecule has 1 saturated carbocycles. The minimum Gasteiger partial charge on any atom is -0.465 e. The molecule has 7 heteroatoms. The fourth-order valence-electron chi connectivity index (χ4n) is 2.90. The van der Waals surface area contributed by atoms with Gasteiger partial charge in [0.05, 0.1) is 30.2 Å². The van der Waals surface area contributed by atoms with Crippen molar-refractivity contribution >= 4 is 34.9 Å². The first-order valence-corrected chi connectivity index (χ1v) is 8.80. The first-order valence-electron chi connectivity index (χ1n) is 8.80. The molecule has 0 heterocycles. The molecule has 144 valence electrons. The second-order valence-corrected chi connectivity index (χ2v) is 6.60. The van der Waals surface area contributed by atoms with E-state index in [9.17, 15) is 19.2 Å². The number of carbonyl (C=O) groups is 4. The number of ether oxygens (including phenoxy) is 1. The number of ketones is 1. The standard InChI is InChI=1S/C21H20N2O5/c1-12(24)13-7-9-14(10-8-13)22-19(25)16-11-17(16)20(26)23-18-6-4-3-5-15(18)21(27)28-2/h3-10,16-17H,11H2,1-2H3,(H,22,25)(H,23,26). The van der Waals surface area contributed by atoms with E-state index in [1.807, 2.05) is 0 Å². The van der Waals surface area contributed by atoms with Gasteiger partial charge in [-0.1, -0.05) is 12.1 Å². The zero-order valence-electron chi connectivity index (χ0n) is 15.5. The van der Waals surface area contributed by atoms with Gasteiger partial charge in [-0.25, -0.2) is 4.79 Å². The Morgan fingerprint density at radius 2 is 1.50 bits per heavy atom. The van der Waals surface area contributed by atoms with E-state index < -0.39 is 17.8 Å². The number of rotatable bonds is 6. The van der Waals surface area contributed by atoms with E-state index >= 15 is 0 Å². The molecule has 1 fully saturated rings. The van der Waals surface area contributed by atoms with E-state index in [0.29, 0.717) is 23.4 Å². The Bertz CT molecular complexity index is 936. The molecule has 28 heavy (non-hydrogen) atoms. The van der Waals surface area contributed by atoms with Crippen molar-refractivity contribution in [1.29, 1.82) is 0 Å². The minimum absolute atomic E-state index is 0.0518. The quantitative estimate of drug-likeness (QED) is 0.593. The lowest BCUT2D eigenvalue weighted by Crippen LogP contribution is -2.21. The zero-order chi connectivity index (χ0) is 20.3. The lowest BCUT2D eigenvalue weighted by atomic mass is 10.1. The number of hydrogen-bond acceptors (Lipinski definition) is 5. The van der Waals surface area contributed by atoms with Crippen LogP contribution in [0.15, 0.2) is 48.5 Å². The van der Waals surface area contributed by atoms with Crippen LogP contribution >= 0.6 is 0 Å². The Labute approximate surface area is 162 Å². The van der Waals surface area contributed by atoms with Crippen molar-refractivity contribution in [3.8, 4) is 0 Å². The SMILES string of the molecule is COC(=O)c1ccccc1NC(=O)C1CC1C(=O)Nc1ccc(C(C)=O)cc1. The molecule has 1 aliphatic carbocycles. The molecule has 0 saturated heterocycles. The number of hydrogen-bond donors (Lipinski definition) is 2. The molecule has 0 aliphatic heterocycles. The van der Waals surface area contributed by atoms with E-state index in [1.54, 1.807) is 48.5 Å². The monoisotopic (exact) mass is 380 g/mol. The molecule has 2 N–H and O–H groups in total. The topological polar surface area (TPSA) is 102 Å². The first-order chi connectivity index (χ1) is 13.4. The van der Waals surface area contributed by atoms with Crippen molar-refractivity contribution in [1.82, 2.24) is 0 Å². The summed E-state index contributed by atoms with van der Waals surface area (Å²) in [6.45, 7) is 1.47. The van der Waals surface area contributed by atoms with Crippen LogP contribution in [-0.4, -0.2) is 30.7 Å². The van der Waals surface area contributed by atoms with Crippen LogP contribution in [0.1, 0.15) is 34.1 Å². The molecule has 2 amide bonds. The Morgan fingerprint density at radius 1 is 0.893 bits per heavy atom. The van der Waals surface area contributed by atoms with Gasteiger partial charge in [-0.15, -0.1) is 0 Å². The molecule has 0 aromatic heterocycles. The molecule has 2 aromatic rings. The highest BCUT2D eigenvalue weighted by Gasteiger charge is 2.48. The van der Waals surface area contributed by atoms with E-state index in [1.165, 1.54) is 14.0 Å². The highest BCUT2D eigenvalue weighted by Crippen LogP contribution is 2.40. The second kappa shape index (κ2) is 8.04. The number of nitrogens with one attached hydrogen (secondary N) is 2. The Morgan fingerprint density at radius 3 is 2.11 bits per heavy atom. The second-order valence-electron chi connectivity index (χ2n) is 6.60. The normalized spacial score (nSPS) is 17.4. The number of esters is 1. The number of methoxy groups -OCH3 is 1. The lowest BCUT2D eigenvalue weighted by molar-refractivity contribution is -0.122. The summed E-state index contributed by atoms with van der Waals surface area (Å²) >= 11 is 0. The Kier molecular flexibility index (Phi) is 5.54. The van der Waals surface area contributed by atoms with E-state index in [-0.39, 0.29) is 23.2 Å². The molecular formula is C21H20N2O5. The summed E-state index contributed by atoms with van der Waals surface area (Å²) in [5.74, 6) is -2.06. The number of anilines is 2. The fraction of sp³-hybridized carbons (Fsp3) is 0.238. The smallest absolute Gasteiger partial charge is 0.339 e. The van der Waals surface area contributed by atoms with Crippen molar-refractivity contribution < 1.29 is 23.9 Å². The summed E-state index contributed by atoms with van der Waals surface area (Å²) in [5.41, 5.74) is 1.74. The van der Waals surface area contributed by atoms with Gasteiger partial charge in [0.2, 0.25) is 11.8 Å². The molecule has 7 nitrogen and oxygen atoms in total. The van der Waals surface area contributed by atoms with Crippen molar-refractivity contribution in [2.75, 3.05) is 17.7 Å². The molecule has 0 radical (unpaired) electrons. The molecule has 2 unspecified atom stereocenters. The van der Waals surface area contributed by atoms with Gasteiger partial charge in [-0.05, 0) is 49.7 Å². The lowest BCUT2D eigenvalue weighted by Gasteiger charge is -2.09. The maximum Gasteiger partial charge on any atom is 0.339 e. The van der Waals surface area contributed by atoms with Crippen molar-refractivity contribution in [3.63, 3.8) is 0 Å². The summed E-state index contributed by atoms with van der Waals surface area (Å²) in [5, 5.41) is 5.45. The predicted molar refractivity (Wildman–Crippen MR) is 103 cm³/mol. The molecule has 0 spiro atoms. The Balaban J connectivity index is 1.59. The third kappa shape index (κ3) is 4.25. The third-order valence-electron chi connectivity index (χ3n) is 4.61. The number of Topliss-reactive ketones (excluding diaryl/α,β-unsaturated/α-hetero) is 1. The first kappa shape index (κ1) is 19.3. The van der Waals surface area contributed by atoms with Crippen LogP contribution in [0.25, 0.3) is 0 Å². The van der Waals surface area contributed by atoms with Crippen molar-refractivity contribution in [2.45, 2.75) is 13.3 Å². The van der Waals surface area contributed by atoms with Crippen molar-refractivity contribution in [3.05, 3.63) is 59.7 Å². The maximum atomic E-state index is 12.4. The molecular weight excluding hydrogens is 360 g/mol. The molecule has 2 aromatic carbocycles. The van der Waals surface area contributed by atoms with Gasteiger partial charge >= 0.3 is 5.97 Å². The summed E-state index contributed by atoms with van der Waals surface area (Å²) in [7, 11) is 1.27. The van der Waals surface area contributed by atoms with Gasteiger partial charge in [0, 0.05) is 11.3 Å². The molecule has 1 aliphatic rings. The predicted octanol–water partition coefficient (Wildman–Crippen LogP) is 2.89. The van der Waals surface area contributed by atoms with Gasteiger partial charge in [0.25, 0.3) is 0 Å². The maximum absolute atomic E-state index is 12.4. The van der Waals surface area contributed by atoms with Crippen LogP contribution in [0.3, 0.4) is 0 Å². The van der Waals surface area contributed by atoms with Gasteiger partial charge in [0.1, 0.15) is 0 Å². The van der Waals surface area contributed by atoms with Gasteiger partial charge in [-0.2, -0.15) is 0 Å². The largest absolute Gasteiger partial charge is 0.465 e. The van der Waals surface area contributed by atoms with E-state index in [0.717, 1.165) is 0 Å². The summed E-state index contributed by atoms with van der Waals surface area (Å²) in [4.78, 5) is 47.9. The highest BCUT2D eigenvalue weighted by atomic mass is 16.5. The number of para-hydroxylation sites is 1. The fourth-order valence-corrected chi connectivity index (χ4v) is 2.90. The van der Waals surface area contributed by atoms with Crippen molar-refractivity contribution in [2.24, 2.45) is 11.8 Å². The van der Waals surface area contributed by atoms with Crippen LogP contribution in [0.4, 0.5) is 11.4 Å². The minimum atomic E-state index is -0.546. The summed E-state index contributed by atoms with van der Waals surface area (Å²) in [6.07, 6.45) is 0.434. The van der Waals surface area contributed by atoms with E-state index in [2.05, 4.69) is 10.6 Å². The van der Waals surface area contributed by atoms with Gasteiger partial charge in [-0.3, -0.25) is 14.4 Å². The van der Waals surface area contributed by atoms with Crippen LogP contribution in [-0.2, 0) is 14.3 Å². The average molecular weight is 380 g/mol. The summed E-state index contributed by atoms with van der Waals surface area (Å²) < 4.78 is 4.71. The molecule has 3 rings (SSSR count).